The van der Waals surface area contributed by atoms with E-state index in [1.165, 1.54) is 11.6 Å². The number of nitrogens with zero attached hydrogens (tertiary/aromatic N) is 2. The van der Waals surface area contributed by atoms with Crippen molar-refractivity contribution in [3.8, 4) is 5.75 Å². The highest BCUT2D eigenvalue weighted by atomic mass is 19.4. The zero-order valence-electron chi connectivity index (χ0n) is 13.9. The van der Waals surface area contributed by atoms with E-state index in [0.717, 1.165) is 12.1 Å². The van der Waals surface area contributed by atoms with Crippen LogP contribution in [0.15, 0.2) is 47.6 Å². The van der Waals surface area contributed by atoms with E-state index in [1.54, 1.807) is 31.3 Å². The Labute approximate surface area is 146 Å². The molecule has 26 heavy (non-hydrogen) atoms. The number of nitrogens with two attached hydrogens (primary N) is 1. The van der Waals surface area contributed by atoms with Gasteiger partial charge in [0.15, 0.2) is 0 Å². The van der Waals surface area contributed by atoms with Crippen LogP contribution < -0.4 is 10.5 Å². The molecule has 2 rings (SSSR count). The molecule has 0 spiro atoms. The number of aliphatic imine (C=N–C) groups is 1. The maximum absolute atomic E-state index is 12.9. The second kappa shape index (κ2) is 7.59. The third-order valence-electron chi connectivity index (χ3n) is 3.57. The molecule has 2 aromatic rings. The average Bonchev–Trinajstić information content (AvgIpc) is 3.04. The van der Waals surface area contributed by atoms with Crippen molar-refractivity contribution >= 4 is 11.5 Å². The smallest absolute Gasteiger partial charge is 0.416 e. The Morgan fingerprint density at radius 2 is 1.96 bits per heavy atom. The van der Waals surface area contributed by atoms with Gasteiger partial charge >= 0.3 is 12.8 Å². The molecule has 0 saturated carbocycles. The predicted molar refractivity (Wildman–Crippen MR) is 88.2 cm³/mol. The Balaban J connectivity index is 2.63. The van der Waals surface area contributed by atoms with Crippen LogP contribution in [0.5, 0.6) is 5.75 Å². The van der Waals surface area contributed by atoms with E-state index >= 15 is 0 Å². The van der Waals surface area contributed by atoms with Crippen molar-refractivity contribution in [3.63, 3.8) is 0 Å². The van der Waals surface area contributed by atoms with Gasteiger partial charge in [0.05, 0.1) is 17.0 Å². The average molecular weight is 373 g/mol. The van der Waals surface area contributed by atoms with E-state index in [9.17, 15) is 22.0 Å². The monoisotopic (exact) mass is 373 g/mol. The van der Waals surface area contributed by atoms with Gasteiger partial charge in [0.2, 0.25) is 0 Å². The molecular formula is C17H16F5N3O. The quantitative estimate of drug-likeness (QED) is 0.626. The maximum Gasteiger partial charge on any atom is 0.416 e. The molecule has 0 unspecified atom stereocenters. The summed E-state index contributed by atoms with van der Waals surface area (Å²) in [5.41, 5.74) is 5.34. The number of ether oxygens (including phenoxy) is 1. The first-order valence-electron chi connectivity index (χ1n) is 7.42. The maximum atomic E-state index is 12.9. The van der Waals surface area contributed by atoms with Gasteiger partial charge in [0, 0.05) is 18.8 Å². The van der Waals surface area contributed by atoms with Gasteiger partial charge in [0.25, 0.3) is 0 Å². The first kappa shape index (κ1) is 19.5. The minimum absolute atomic E-state index is 0.00958. The molecule has 0 saturated heterocycles. The first-order chi connectivity index (χ1) is 12.2. The molecule has 4 nitrogen and oxygen atoms in total. The van der Waals surface area contributed by atoms with Gasteiger partial charge in [-0.05, 0) is 43.3 Å². The molecule has 0 aliphatic carbocycles. The number of halogens is 5. The van der Waals surface area contributed by atoms with Gasteiger partial charge in [-0.3, -0.25) is 4.99 Å². The molecule has 0 radical (unpaired) electrons. The van der Waals surface area contributed by atoms with Crippen molar-refractivity contribution in [2.24, 2.45) is 10.7 Å². The molecule has 1 aromatic carbocycles. The Hall–Kier alpha value is -2.84. The van der Waals surface area contributed by atoms with Gasteiger partial charge in [-0.2, -0.15) is 22.0 Å². The number of allylic oxidation sites excluding steroid dienone is 1. The summed E-state index contributed by atoms with van der Waals surface area (Å²) >= 11 is 0. The third kappa shape index (κ3) is 4.04. The first-order valence-corrected chi connectivity index (χ1v) is 7.42. The van der Waals surface area contributed by atoms with E-state index in [4.69, 9.17) is 5.73 Å². The van der Waals surface area contributed by atoms with Crippen molar-refractivity contribution in [3.05, 3.63) is 59.4 Å². The predicted octanol–water partition coefficient (Wildman–Crippen LogP) is 4.35. The van der Waals surface area contributed by atoms with Crippen LogP contribution in [0.1, 0.15) is 23.7 Å². The number of benzene rings is 1. The summed E-state index contributed by atoms with van der Waals surface area (Å²) in [6.45, 7) is -1.59. The topological polar surface area (TPSA) is 52.5 Å². The van der Waals surface area contributed by atoms with Crippen LogP contribution in [0, 0.1) is 0 Å². The lowest BCUT2D eigenvalue weighted by molar-refractivity contribution is -0.138. The van der Waals surface area contributed by atoms with E-state index in [-0.39, 0.29) is 11.3 Å². The minimum atomic E-state index is -4.70. The normalized spacial score (nSPS) is 13.4. The zero-order valence-corrected chi connectivity index (χ0v) is 13.9. The number of rotatable bonds is 5. The highest BCUT2D eigenvalue weighted by molar-refractivity contribution is 6.14. The molecule has 140 valence electrons. The van der Waals surface area contributed by atoms with E-state index in [1.807, 2.05) is 0 Å². The Morgan fingerprint density at radius 1 is 1.27 bits per heavy atom. The lowest BCUT2D eigenvalue weighted by atomic mass is 10.0. The second-order valence-electron chi connectivity index (χ2n) is 5.14. The fraction of sp³-hybridized carbons (Fsp3) is 0.235. The molecule has 1 aromatic heterocycles. The van der Waals surface area contributed by atoms with Gasteiger partial charge in [-0.25, -0.2) is 0 Å². The third-order valence-corrected chi connectivity index (χ3v) is 3.57. The Kier molecular flexibility index (Phi) is 5.69. The molecule has 0 fully saturated rings. The van der Waals surface area contributed by atoms with Crippen LogP contribution in [0.4, 0.5) is 22.0 Å². The number of alkyl halides is 5. The van der Waals surface area contributed by atoms with Gasteiger partial charge in [0.1, 0.15) is 11.6 Å². The van der Waals surface area contributed by atoms with Crippen LogP contribution >= 0.6 is 0 Å². The van der Waals surface area contributed by atoms with Crippen LogP contribution in [-0.2, 0) is 6.18 Å². The molecule has 2 N–H and O–H groups in total. The highest BCUT2D eigenvalue weighted by Gasteiger charge is 2.32. The van der Waals surface area contributed by atoms with Crippen LogP contribution in [0.3, 0.4) is 0 Å². The zero-order chi connectivity index (χ0) is 19.5. The van der Waals surface area contributed by atoms with E-state index in [2.05, 4.69) is 9.73 Å². The van der Waals surface area contributed by atoms with Gasteiger partial charge < -0.3 is 15.0 Å². The fourth-order valence-electron chi connectivity index (χ4n) is 2.40. The van der Waals surface area contributed by atoms with Crippen LogP contribution in [0.2, 0.25) is 0 Å². The summed E-state index contributed by atoms with van der Waals surface area (Å²) in [5.74, 6) is -0.281. The second-order valence-corrected chi connectivity index (χ2v) is 5.14. The number of hydrogen-bond acceptors (Lipinski definition) is 3. The number of hydrogen-bond donors (Lipinski definition) is 1. The summed E-state index contributed by atoms with van der Waals surface area (Å²) in [4.78, 5) is 4.04. The molecule has 0 bridgehead atoms. The molecule has 0 aliphatic rings. The minimum Gasteiger partial charge on any atom is -0.434 e. The molecule has 1 heterocycles. The van der Waals surface area contributed by atoms with Crippen molar-refractivity contribution in [2.75, 3.05) is 7.05 Å². The van der Waals surface area contributed by atoms with Crippen molar-refractivity contribution in [2.45, 2.75) is 19.7 Å². The summed E-state index contributed by atoms with van der Waals surface area (Å²) in [7, 11) is 1.39. The largest absolute Gasteiger partial charge is 0.434 e. The van der Waals surface area contributed by atoms with Crippen molar-refractivity contribution < 1.29 is 26.7 Å². The standard InChI is InChI=1S/C17H16F5N3O/c1-3-14(23)25-8-4-5-12(25)15(24-2)11-7-6-10(17(20,21)22)9-13(11)26-16(18)19/h3-9,16H,23H2,1-2H3/b14-3-,24-15?. The molecular weight excluding hydrogens is 357 g/mol. The van der Waals surface area contributed by atoms with Gasteiger partial charge in [-0.15, -0.1) is 0 Å². The Morgan fingerprint density at radius 3 is 2.50 bits per heavy atom. The molecule has 0 aliphatic heterocycles. The Bertz CT molecular complexity index is 837. The summed E-state index contributed by atoms with van der Waals surface area (Å²) in [6.07, 6.45) is -1.47. The van der Waals surface area contributed by atoms with E-state index in [0.29, 0.717) is 17.6 Å². The fourth-order valence-corrected chi connectivity index (χ4v) is 2.40. The summed E-state index contributed by atoms with van der Waals surface area (Å²) in [6, 6.07) is 5.62. The highest BCUT2D eigenvalue weighted by Crippen LogP contribution is 2.34. The van der Waals surface area contributed by atoms with Crippen LogP contribution in [-0.4, -0.2) is 23.9 Å². The lowest BCUT2D eigenvalue weighted by Crippen LogP contribution is -2.17. The molecule has 0 amide bonds. The van der Waals surface area contributed by atoms with Gasteiger partial charge in [-0.1, -0.05) is 0 Å². The molecule has 0 atom stereocenters. The molecule has 9 heteroatoms. The SMILES string of the molecule is C/C=C(/N)n1cccc1C(=NC)c1ccc(C(F)(F)F)cc1OC(F)F. The lowest BCUT2D eigenvalue weighted by Gasteiger charge is -2.17. The van der Waals surface area contributed by atoms with Crippen molar-refractivity contribution in [1.29, 1.82) is 0 Å². The van der Waals surface area contributed by atoms with E-state index < -0.39 is 24.1 Å². The summed E-state index contributed by atoms with van der Waals surface area (Å²) in [5, 5.41) is 0. The van der Waals surface area contributed by atoms with Crippen LogP contribution in [0.25, 0.3) is 5.82 Å². The summed E-state index contributed by atoms with van der Waals surface area (Å²) < 4.78 is 70.0. The number of aromatic nitrogens is 1. The van der Waals surface area contributed by atoms with Crippen molar-refractivity contribution in [1.82, 2.24) is 4.57 Å².